The van der Waals surface area contributed by atoms with E-state index >= 15 is 0 Å². The van der Waals surface area contributed by atoms with Gasteiger partial charge in [-0.15, -0.1) is 0 Å². The van der Waals surface area contributed by atoms with E-state index in [0.717, 1.165) is 24.8 Å². The Morgan fingerprint density at radius 2 is 1.81 bits per heavy atom. The molecule has 5 heteroatoms. The minimum Gasteiger partial charge on any atom is -0.330 e. The summed E-state index contributed by atoms with van der Waals surface area (Å²) in [6.07, 6.45) is 2.92. The van der Waals surface area contributed by atoms with Crippen molar-refractivity contribution in [1.82, 2.24) is 4.72 Å². The van der Waals surface area contributed by atoms with Gasteiger partial charge >= 0.3 is 0 Å². The van der Waals surface area contributed by atoms with E-state index in [4.69, 9.17) is 5.73 Å². The molecule has 1 aliphatic carbocycles. The van der Waals surface area contributed by atoms with E-state index < -0.39 is 10.0 Å². The van der Waals surface area contributed by atoms with Crippen LogP contribution in [-0.2, 0) is 15.4 Å². The van der Waals surface area contributed by atoms with Crippen LogP contribution in [0, 0.1) is 5.92 Å². The average Bonchev–Trinajstić information content (AvgIpc) is 2.84. The molecule has 0 saturated heterocycles. The van der Waals surface area contributed by atoms with E-state index in [2.05, 4.69) is 25.5 Å². The van der Waals surface area contributed by atoms with Crippen molar-refractivity contribution in [3.63, 3.8) is 0 Å². The van der Waals surface area contributed by atoms with Gasteiger partial charge in [-0.25, -0.2) is 13.1 Å². The van der Waals surface area contributed by atoms with Gasteiger partial charge in [-0.3, -0.25) is 0 Å². The molecule has 0 aliphatic heterocycles. The summed E-state index contributed by atoms with van der Waals surface area (Å²) in [4.78, 5) is 0.332. The molecular weight excluding hydrogens is 284 g/mol. The van der Waals surface area contributed by atoms with Crippen LogP contribution in [0.1, 0.15) is 45.6 Å². The van der Waals surface area contributed by atoms with Crippen LogP contribution in [0.2, 0.25) is 0 Å². The third-order valence-corrected chi connectivity index (χ3v) is 5.80. The fourth-order valence-corrected chi connectivity index (χ4v) is 4.21. The lowest BCUT2D eigenvalue weighted by atomic mass is 9.87. The highest BCUT2D eigenvalue weighted by atomic mass is 32.2. The topological polar surface area (TPSA) is 72.2 Å². The van der Waals surface area contributed by atoms with Crippen LogP contribution in [0.4, 0.5) is 0 Å². The standard InChI is InChI=1S/C16H26N2O2S/c1-16(2,3)13-7-9-14(10-8-13)21(19,20)18-15-6-4-5-12(15)11-17/h7-10,12,15,18H,4-6,11,17H2,1-3H3. The molecule has 21 heavy (non-hydrogen) atoms. The minimum atomic E-state index is -3.45. The maximum atomic E-state index is 12.5. The third-order valence-electron chi connectivity index (χ3n) is 4.30. The van der Waals surface area contributed by atoms with Crippen LogP contribution in [0.15, 0.2) is 29.2 Å². The maximum Gasteiger partial charge on any atom is 0.240 e. The SMILES string of the molecule is CC(C)(C)c1ccc(S(=O)(=O)NC2CCCC2CN)cc1. The lowest BCUT2D eigenvalue weighted by Gasteiger charge is -2.21. The molecule has 2 rings (SSSR count). The maximum absolute atomic E-state index is 12.5. The van der Waals surface area contributed by atoms with Crippen molar-refractivity contribution in [1.29, 1.82) is 0 Å². The van der Waals surface area contributed by atoms with Crippen molar-refractivity contribution >= 4 is 10.0 Å². The molecule has 0 spiro atoms. The summed E-state index contributed by atoms with van der Waals surface area (Å²) < 4.78 is 27.7. The monoisotopic (exact) mass is 310 g/mol. The number of hydrogen-bond acceptors (Lipinski definition) is 3. The van der Waals surface area contributed by atoms with Crippen LogP contribution >= 0.6 is 0 Å². The molecule has 2 atom stereocenters. The first-order chi connectivity index (χ1) is 9.74. The van der Waals surface area contributed by atoms with Crippen molar-refractivity contribution < 1.29 is 8.42 Å². The minimum absolute atomic E-state index is 0.0197. The van der Waals surface area contributed by atoms with Gasteiger partial charge < -0.3 is 5.73 Å². The normalized spacial score (nSPS) is 23.4. The number of nitrogens with two attached hydrogens (primary N) is 1. The quantitative estimate of drug-likeness (QED) is 0.897. The highest BCUT2D eigenvalue weighted by Crippen LogP contribution is 2.27. The van der Waals surface area contributed by atoms with E-state index in [1.807, 2.05) is 12.1 Å². The van der Waals surface area contributed by atoms with Crippen LogP contribution < -0.4 is 10.5 Å². The molecule has 1 fully saturated rings. The molecule has 0 bridgehead atoms. The Balaban J connectivity index is 2.16. The molecule has 1 aromatic carbocycles. The lowest BCUT2D eigenvalue weighted by Crippen LogP contribution is -2.39. The van der Waals surface area contributed by atoms with E-state index in [-0.39, 0.29) is 17.4 Å². The van der Waals surface area contributed by atoms with Gasteiger partial charge in [-0.2, -0.15) is 0 Å². The van der Waals surface area contributed by atoms with Gasteiger partial charge in [0.05, 0.1) is 4.90 Å². The van der Waals surface area contributed by atoms with Gasteiger partial charge in [0, 0.05) is 6.04 Å². The molecule has 0 radical (unpaired) electrons. The smallest absolute Gasteiger partial charge is 0.240 e. The van der Waals surface area contributed by atoms with E-state index in [1.54, 1.807) is 12.1 Å². The van der Waals surface area contributed by atoms with E-state index in [1.165, 1.54) is 0 Å². The van der Waals surface area contributed by atoms with Gasteiger partial charge in [0.2, 0.25) is 10.0 Å². The molecule has 118 valence electrons. The van der Waals surface area contributed by atoms with Crippen molar-refractivity contribution in [3.05, 3.63) is 29.8 Å². The Kier molecular flexibility index (Phi) is 4.76. The summed E-state index contributed by atoms with van der Waals surface area (Å²) in [6.45, 7) is 6.87. The van der Waals surface area contributed by atoms with Crippen molar-refractivity contribution in [2.75, 3.05) is 6.54 Å². The zero-order valence-corrected chi connectivity index (χ0v) is 13.9. The number of rotatable bonds is 4. The van der Waals surface area contributed by atoms with Crippen LogP contribution in [-0.4, -0.2) is 21.0 Å². The summed E-state index contributed by atoms with van der Waals surface area (Å²) in [5, 5.41) is 0. The second-order valence-corrected chi connectivity index (χ2v) is 8.64. The lowest BCUT2D eigenvalue weighted by molar-refractivity contribution is 0.453. The highest BCUT2D eigenvalue weighted by molar-refractivity contribution is 7.89. The predicted molar refractivity (Wildman–Crippen MR) is 85.6 cm³/mol. The Morgan fingerprint density at radius 3 is 2.33 bits per heavy atom. The highest BCUT2D eigenvalue weighted by Gasteiger charge is 2.30. The first-order valence-corrected chi connectivity index (χ1v) is 9.05. The molecule has 3 N–H and O–H groups in total. The molecular formula is C16H26N2O2S. The number of sulfonamides is 1. The summed E-state index contributed by atoms with van der Waals surface area (Å²) in [7, 11) is -3.45. The van der Waals surface area contributed by atoms with Crippen molar-refractivity contribution in [2.24, 2.45) is 11.7 Å². The second kappa shape index (κ2) is 6.07. The molecule has 4 nitrogen and oxygen atoms in total. The Morgan fingerprint density at radius 1 is 1.19 bits per heavy atom. The fraction of sp³-hybridized carbons (Fsp3) is 0.625. The van der Waals surface area contributed by atoms with Crippen LogP contribution in [0.25, 0.3) is 0 Å². The first-order valence-electron chi connectivity index (χ1n) is 7.57. The average molecular weight is 310 g/mol. The van der Waals surface area contributed by atoms with Gasteiger partial charge in [-0.1, -0.05) is 39.3 Å². The first kappa shape index (κ1) is 16.5. The molecule has 1 saturated carbocycles. The molecule has 0 amide bonds. The van der Waals surface area contributed by atoms with E-state index in [0.29, 0.717) is 11.4 Å². The Hall–Kier alpha value is -0.910. The molecule has 0 heterocycles. The van der Waals surface area contributed by atoms with Crippen LogP contribution in [0.5, 0.6) is 0 Å². The second-order valence-electron chi connectivity index (χ2n) is 6.93. The van der Waals surface area contributed by atoms with Crippen molar-refractivity contribution in [2.45, 2.75) is 56.4 Å². The van der Waals surface area contributed by atoms with Crippen molar-refractivity contribution in [3.8, 4) is 0 Å². The van der Waals surface area contributed by atoms with Gasteiger partial charge in [0.1, 0.15) is 0 Å². The molecule has 1 aromatic rings. The third kappa shape index (κ3) is 3.84. The Bertz CT molecular complexity index is 573. The number of benzene rings is 1. The van der Waals surface area contributed by atoms with Crippen LogP contribution in [0.3, 0.4) is 0 Å². The molecule has 0 aromatic heterocycles. The fourth-order valence-electron chi connectivity index (χ4n) is 2.88. The van der Waals surface area contributed by atoms with Gasteiger partial charge in [0.15, 0.2) is 0 Å². The molecule has 2 unspecified atom stereocenters. The van der Waals surface area contributed by atoms with Gasteiger partial charge in [-0.05, 0) is 48.4 Å². The zero-order valence-electron chi connectivity index (χ0n) is 13.1. The Labute approximate surface area is 128 Å². The van der Waals surface area contributed by atoms with Gasteiger partial charge in [0.25, 0.3) is 0 Å². The zero-order chi connectivity index (χ0) is 15.7. The summed E-state index contributed by atoms with van der Waals surface area (Å²) in [5.41, 5.74) is 6.86. The summed E-state index contributed by atoms with van der Waals surface area (Å²) >= 11 is 0. The largest absolute Gasteiger partial charge is 0.330 e. The number of hydrogen-bond donors (Lipinski definition) is 2. The number of nitrogens with one attached hydrogen (secondary N) is 1. The summed E-state index contributed by atoms with van der Waals surface area (Å²) in [5.74, 6) is 0.258. The molecule has 1 aliphatic rings. The van der Waals surface area contributed by atoms with E-state index in [9.17, 15) is 8.42 Å². The predicted octanol–water partition coefficient (Wildman–Crippen LogP) is 2.39. The summed E-state index contributed by atoms with van der Waals surface area (Å²) in [6, 6.07) is 7.14.